The highest BCUT2D eigenvalue weighted by Crippen LogP contribution is 2.01. The third-order valence-corrected chi connectivity index (χ3v) is 0.808. The van der Waals surface area contributed by atoms with Crippen LogP contribution in [0.25, 0.3) is 0 Å². The van der Waals surface area contributed by atoms with Crippen LogP contribution in [0.1, 0.15) is 0 Å². The molecule has 8 heavy (non-hydrogen) atoms. The summed E-state index contributed by atoms with van der Waals surface area (Å²) in [6.07, 6.45) is 1.44. The first-order chi connectivity index (χ1) is 3.79. The lowest BCUT2D eigenvalue weighted by molar-refractivity contribution is 1.14. The molecule has 4 heteroatoms. The lowest BCUT2D eigenvalue weighted by Gasteiger charge is -1.86. The van der Waals surface area contributed by atoms with Gasteiger partial charge in [-0.1, -0.05) is 0 Å². The quantitative estimate of drug-likeness (QED) is 0.491. The Morgan fingerprint density at radius 1 is 1.62 bits per heavy atom. The van der Waals surface area contributed by atoms with Gasteiger partial charge >= 0.3 is 0 Å². The monoisotopic (exact) mass is 128 g/mol. The highest BCUT2D eigenvalue weighted by atomic mass is 35.5. The van der Waals surface area contributed by atoms with Gasteiger partial charge in [0.15, 0.2) is 0 Å². The first-order valence-corrected chi connectivity index (χ1v) is 2.37. The summed E-state index contributed by atoms with van der Waals surface area (Å²) >= 11 is 5.30. The van der Waals surface area contributed by atoms with E-state index in [0.29, 0.717) is 0 Å². The molecule has 0 saturated carbocycles. The summed E-state index contributed by atoms with van der Waals surface area (Å²) in [6, 6.07) is 1.46. The molecule has 1 N–H and O–H groups in total. The van der Waals surface area contributed by atoms with E-state index in [4.69, 9.17) is 17.3 Å². The predicted molar refractivity (Wildman–Crippen MR) is 29.8 cm³/mol. The SMILES string of the molecule is [NH]c1ccnc(Cl)n1. The molecule has 0 bridgehead atoms. The second kappa shape index (κ2) is 1.96. The van der Waals surface area contributed by atoms with Crippen LogP contribution in [-0.4, -0.2) is 9.97 Å². The van der Waals surface area contributed by atoms with Gasteiger partial charge in [-0.2, -0.15) is 4.98 Å². The number of hydrogen-bond acceptors (Lipinski definition) is 2. The van der Waals surface area contributed by atoms with E-state index in [0.717, 1.165) is 0 Å². The van der Waals surface area contributed by atoms with Crippen molar-refractivity contribution in [1.29, 1.82) is 0 Å². The number of hydrogen-bond donors (Lipinski definition) is 0. The minimum absolute atomic E-state index is 0.123. The smallest absolute Gasteiger partial charge is 0.224 e. The fourth-order valence-electron chi connectivity index (χ4n) is 0.335. The lowest BCUT2D eigenvalue weighted by atomic mass is 10.6. The van der Waals surface area contributed by atoms with Gasteiger partial charge < -0.3 is 0 Å². The summed E-state index contributed by atoms with van der Waals surface area (Å²) in [4.78, 5) is 7.07. The van der Waals surface area contributed by atoms with E-state index in [9.17, 15) is 0 Å². The topological polar surface area (TPSA) is 49.6 Å². The highest BCUT2D eigenvalue weighted by Gasteiger charge is 1.87. The Morgan fingerprint density at radius 3 is 2.75 bits per heavy atom. The van der Waals surface area contributed by atoms with Gasteiger partial charge in [0.25, 0.3) is 0 Å². The van der Waals surface area contributed by atoms with Crippen LogP contribution in [0.2, 0.25) is 5.28 Å². The summed E-state index contributed by atoms with van der Waals surface area (Å²) in [5.41, 5.74) is 6.90. The molecule has 1 radical (unpaired) electrons. The van der Waals surface area contributed by atoms with E-state index in [2.05, 4.69) is 9.97 Å². The van der Waals surface area contributed by atoms with Crippen LogP contribution in [0.15, 0.2) is 12.3 Å². The molecular weight excluding hydrogens is 126 g/mol. The van der Waals surface area contributed by atoms with Gasteiger partial charge in [-0.3, -0.25) is 5.73 Å². The molecule has 0 atom stereocenters. The molecule has 1 aromatic rings. The summed E-state index contributed by atoms with van der Waals surface area (Å²) < 4.78 is 0. The molecule has 1 rings (SSSR count). The average molecular weight is 129 g/mol. The molecule has 3 nitrogen and oxygen atoms in total. The van der Waals surface area contributed by atoms with Crippen molar-refractivity contribution >= 4 is 17.4 Å². The largest absolute Gasteiger partial charge is 0.283 e. The van der Waals surface area contributed by atoms with Crippen LogP contribution in [0.5, 0.6) is 0 Å². The van der Waals surface area contributed by atoms with Crippen molar-refractivity contribution in [3.63, 3.8) is 0 Å². The number of aromatic nitrogens is 2. The van der Waals surface area contributed by atoms with Crippen molar-refractivity contribution in [3.8, 4) is 0 Å². The van der Waals surface area contributed by atoms with Crippen LogP contribution in [0, 0.1) is 0 Å². The van der Waals surface area contributed by atoms with Crippen molar-refractivity contribution < 1.29 is 0 Å². The summed E-state index contributed by atoms with van der Waals surface area (Å²) in [5.74, 6) is 0.144. The molecule has 0 saturated heterocycles. The molecule has 0 aliphatic rings. The molecule has 1 heterocycles. The third kappa shape index (κ3) is 1.07. The normalized spacial score (nSPS) is 9.12. The maximum atomic E-state index is 6.90. The molecule has 0 aliphatic carbocycles. The van der Waals surface area contributed by atoms with Crippen molar-refractivity contribution in [2.45, 2.75) is 0 Å². The van der Waals surface area contributed by atoms with Crippen molar-refractivity contribution in [2.24, 2.45) is 0 Å². The minimum atomic E-state index is 0.123. The van der Waals surface area contributed by atoms with E-state index in [1.165, 1.54) is 12.3 Å². The molecule has 1 aromatic heterocycles. The number of nitrogens with one attached hydrogen (secondary N) is 1. The second-order valence-electron chi connectivity index (χ2n) is 1.21. The zero-order valence-electron chi connectivity index (χ0n) is 3.93. The lowest BCUT2D eigenvalue weighted by Crippen LogP contribution is -1.80. The average Bonchev–Trinajstić information content (AvgIpc) is 1.64. The second-order valence-corrected chi connectivity index (χ2v) is 1.55. The summed E-state index contributed by atoms with van der Waals surface area (Å²) in [7, 11) is 0. The van der Waals surface area contributed by atoms with Gasteiger partial charge in [0, 0.05) is 12.3 Å². The Bertz CT molecular complexity index is 171. The number of halogens is 1. The van der Waals surface area contributed by atoms with Gasteiger partial charge in [0.05, 0.1) is 0 Å². The van der Waals surface area contributed by atoms with E-state index in [1.54, 1.807) is 0 Å². The van der Waals surface area contributed by atoms with Gasteiger partial charge in [-0.25, -0.2) is 4.98 Å². The van der Waals surface area contributed by atoms with Crippen molar-refractivity contribution in [1.82, 2.24) is 15.7 Å². The van der Waals surface area contributed by atoms with Crippen LogP contribution in [0.3, 0.4) is 0 Å². The van der Waals surface area contributed by atoms with Gasteiger partial charge in [-0.05, 0) is 11.6 Å². The van der Waals surface area contributed by atoms with E-state index in [-0.39, 0.29) is 11.1 Å². The van der Waals surface area contributed by atoms with Crippen LogP contribution >= 0.6 is 11.6 Å². The van der Waals surface area contributed by atoms with Gasteiger partial charge in [0.2, 0.25) is 5.28 Å². The fraction of sp³-hybridized carbons (Fsp3) is 0. The zero-order chi connectivity index (χ0) is 5.98. The highest BCUT2D eigenvalue weighted by molar-refractivity contribution is 6.28. The van der Waals surface area contributed by atoms with Crippen LogP contribution < -0.4 is 5.73 Å². The first kappa shape index (κ1) is 5.31. The molecule has 41 valence electrons. The fourth-order valence-corrected chi connectivity index (χ4v) is 0.482. The van der Waals surface area contributed by atoms with Crippen molar-refractivity contribution in [3.05, 3.63) is 17.5 Å². The molecule has 0 aromatic carbocycles. The Morgan fingerprint density at radius 2 is 2.38 bits per heavy atom. The molecule has 0 amide bonds. The Kier molecular flexibility index (Phi) is 1.30. The predicted octanol–water partition coefficient (Wildman–Crippen LogP) is 1.04. The third-order valence-electron chi connectivity index (χ3n) is 0.626. The molecule has 0 aliphatic heterocycles. The molecular formula is C4H3ClN3. The standard InChI is InChI=1S/C4H3ClN3/c5-4-7-2-1-3(6)8-4/h1-2,6H. The number of rotatable bonds is 0. The maximum Gasteiger partial charge on any atom is 0.224 e. The van der Waals surface area contributed by atoms with E-state index >= 15 is 0 Å². The zero-order valence-corrected chi connectivity index (χ0v) is 4.68. The van der Waals surface area contributed by atoms with E-state index in [1.807, 2.05) is 0 Å². The maximum absolute atomic E-state index is 6.90. The van der Waals surface area contributed by atoms with Crippen LogP contribution in [0.4, 0.5) is 5.82 Å². The number of nitrogens with zero attached hydrogens (tertiary/aromatic N) is 2. The molecule has 0 fully saturated rings. The van der Waals surface area contributed by atoms with Gasteiger partial charge in [0.1, 0.15) is 5.82 Å². The summed E-state index contributed by atoms with van der Waals surface area (Å²) in [5, 5.41) is 0.123. The van der Waals surface area contributed by atoms with Gasteiger partial charge in [-0.15, -0.1) is 0 Å². The first-order valence-electron chi connectivity index (χ1n) is 1.99. The van der Waals surface area contributed by atoms with Crippen LogP contribution in [-0.2, 0) is 0 Å². The minimum Gasteiger partial charge on any atom is -0.283 e. The van der Waals surface area contributed by atoms with E-state index < -0.39 is 0 Å². The summed E-state index contributed by atoms with van der Waals surface area (Å²) in [6.45, 7) is 0. The molecule has 0 spiro atoms. The Labute approximate surface area is 51.5 Å². The Balaban J connectivity index is 3.08. The Hall–Kier alpha value is -0.830. The molecule has 0 unspecified atom stereocenters. The van der Waals surface area contributed by atoms with Crippen molar-refractivity contribution in [2.75, 3.05) is 0 Å².